The molecule has 0 bridgehead atoms. The van der Waals surface area contributed by atoms with Crippen molar-refractivity contribution in [1.29, 1.82) is 0 Å². The van der Waals surface area contributed by atoms with Gasteiger partial charge in [0.2, 0.25) is 0 Å². The summed E-state index contributed by atoms with van der Waals surface area (Å²) in [6.45, 7) is 4.00. The number of carbonyl (C=O) groups is 1. The molecule has 0 heterocycles. The van der Waals surface area contributed by atoms with Gasteiger partial charge in [-0.3, -0.25) is 4.79 Å². The van der Waals surface area contributed by atoms with Crippen molar-refractivity contribution < 1.29 is 9.18 Å². The van der Waals surface area contributed by atoms with Gasteiger partial charge in [-0.05, 0) is 29.7 Å². The number of benzene rings is 2. The van der Waals surface area contributed by atoms with E-state index in [0.29, 0.717) is 0 Å². The average molecular weight is 284 g/mol. The van der Waals surface area contributed by atoms with E-state index in [4.69, 9.17) is 0 Å². The van der Waals surface area contributed by atoms with E-state index in [1.807, 2.05) is 44.2 Å². The van der Waals surface area contributed by atoms with Crippen molar-refractivity contribution in [2.45, 2.75) is 13.8 Å². The predicted molar refractivity (Wildman–Crippen MR) is 81.7 cm³/mol. The highest BCUT2D eigenvalue weighted by Crippen LogP contribution is 2.09. The Bertz CT molecular complexity index is 651. The van der Waals surface area contributed by atoms with Crippen molar-refractivity contribution in [3.8, 4) is 0 Å². The molecular weight excluding hydrogens is 267 g/mol. The molecule has 2 rings (SSSR count). The number of amides is 1. The number of halogens is 1. The van der Waals surface area contributed by atoms with Crippen molar-refractivity contribution in [3.05, 3.63) is 71.5 Å². The first-order valence-corrected chi connectivity index (χ1v) is 6.77. The molecule has 0 fully saturated rings. The summed E-state index contributed by atoms with van der Waals surface area (Å²) in [5.41, 5.74) is 4.46. The molecule has 4 heteroatoms. The van der Waals surface area contributed by atoms with Crippen LogP contribution in [0.25, 0.3) is 0 Å². The van der Waals surface area contributed by atoms with Gasteiger partial charge in [-0.25, -0.2) is 9.82 Å². The summed E-state index contributed by atoms with van der Waals surface area (Å²) in [5, 5.41) is 4.19. The summed E-state index contributed by atoms with van der Waals surface area (Å²) in [6, 6.07) is 15.2. The predicted octanol–water partition coefficient (Wildman–Crippen LogP) is 3.62. The Morgan fingerprint density at radius 2 is 1.71 bits per heavy atom. The molecule has 0 aromatic heterocycles. The van der Waals surface area contributed by atoms with Gasteiger partial charge in [0.1, 0.15) is 5.82 Å². The van der Waals surface area contributed by atoms with E-state index in [1.165, 1.54) is 18.2 Å². The fraction of sp³-hybridized carbons (Fsp3) is 0.176. The second-order valence-corrected chi connectivity index (χ2v) is 4.97. The molecule has 108 valence electrons. The van der Waals surface area contributed by atoms with Crippen molar-refractivity contribution in [2.24, 2.45) is 11.0 Å². The van der Waals surface area contributed by atoms with Crippen LogP contribution in [0.3, 0.4) is 0 Å². The van der Waals surface area contributed by atoms with Crippen molar-refractivity contribution in [3.63, 3.8) is 0 Å². The minimum atomic E-state index is -0.446. The van der Waals surface area contributed by atoms with Crippen LogP contribution in [0.4, 0.5) is 4.39 Å². The van der Waals surface area contributed by atoms with Crippen LogP contribution in [0.5, 0.6) is 0 Å². The van der Waals surface area contributed by atoms with Crippen LogP contribution in [0.15, 0.2) is 59.7 Å². The zero-order chi connectivity index (χ0) is 15.2. The van der Waals surface area contributed by atoms with Crippen molar-refractivity contribution in [2.75, 3.05) is 0 Å². The maximum Gasteiger partial charge on any atom is 0.271 e. The van der Waals surface area contributed by atoms with Gasteiger partial charge in [-0.2, -0.15) is 5.10 Å². The maximum absolute atomic E-state index is 13.1. The first-order valence-electron chi connectivity index (χ1n) is 6.77. The highest BCUT2D eigenvalue weighted by atomic mass is 19.1. The number of hydrogen-bond donors (Lipinski definition) is 1. The third-order valence-corrected chi connectivity index (χ3v) is 2.98. The fourth-order valence-corrected chi connectivity index (χ4v) is 1.94. The monoisotopic (exact) mass is 284 g/mol. The summed E-state index contributed by atoms with van der Waals surface area (Å²) >= 11 is 0. The number of hydrogen-bond acceptors (Lipinski definition) is 2. The Kier molecular flexibility index (Phi) is 4.82. The zero-order valence-corrected chi connectivity index (χ0v) is 12.0. The molecule has 0 saturated carbocycles. The molecule has 0 atom stereocenters. The molecule has 0 saturated heterocycles. The van der Waals surface area contributed by atoms with Gasteiger partial charge in [0, 0.05) is 5.56 Å². The molecule has 3 nitrogen and oxygen atoms in total. The fourth-order valence-electron chi connectivity index (χ4n) is 1.94. The number of nitrogens with one attached hydrogen (secondary N) is 1. The van der Waals surface area contributed by atoms with Crippen LogP contribution in [-0.4, -0.2) is 11.6 Å². The molecular formula is C17H17FN2O. The summed E-state index contributed by atoms with van der Waals surface area (Å²) in [6.07, 6.45) is 0. The third kappa shape index (κ3) is 3.99. The molecule has 0 aliphatic heterocycles. The first-order chi connectivity index (χ1) is 10.1. The van der Waals surface area contributed by atoms with E-state index in [-0.39, 0.29) is 11.5 Å². The average Bonchev–Trinajstić information content (AvgIpc) is 2.48. The first kappa shape index (κ1) is 14.9. The number of rotatable bonds is 4. The van der Waals surface area contributed by atoms with Crippen LogP contribution in [0.2, 0.25) is 0 Å². The Labute approximate surface area is 123 Å². The molecule has 0 aliphatic carbocycles. The molecule has 1 N–H and O–H groups in total. The summed E-state index contributed by atoms with van der Waals surface area (Å²) in [5.74, 6) is -0.720. The van der Waals surface area contributed by atoms with Gasteiger partial charge in [-0.15, -0.1) is 0 Å². The van der Waals surface area contributed by atoms with E-state index in [9.17, 15) is 9.18 Å². The van der Waals surface area contributed by atoms with Gasteiger partial charge >= 0.3 is 0 Å². The smallest absolute Gasteiger partial charge is 0.267 e. The molecule has 1 amide bonds. The Balaban J connectivity index is 2.19. The largest absolute Gasteiger partial charge is 0.271 e. The Morgan fingerprint density at radius 1 is 1.05 bits per heavy atom. The quantitative estimate of drug-likeness (QED) is 0.676. The van der Waals surface area contributed by atoms with Gasteiger partial charge < -0.3 is 0 Å². The number of nitrogens with zero attached hydrogens (tertiary/aromatic N) is 1. The van der Waals surface area contributed by atoms with Crippen LogP contribution >= 0.6 is 0 Å². The lowest BCUT2D eigenvalue weighted by Gasteiger charge is -2.10. The van der Waals surface area contributed by atoms with E-state index in [0.717, 1.165) is 11.3 Å². The standard InChI is InChI=1S/C17H17FN2O/c1-12(2)16(13-7-4-3-5-8-13)19-20-17(21)14-9-6-10-15(18)11-14/h3-12H,1-2H3,(H,20,21)/b19-16+. The summed E-state index contributed by atoms with van der Waals surface area (Å²) in [4.78, 5) is 12.0. The molecule has 0 radical (unpaired) electrons. The van der Waals surface area contributed by atoms with Crippen LogP contribution < -0.4 is 5.43 Å². The van der Waals surface area contributed by atoms with Crippen LogP contribution in [0, 0.1) is 11.7 Å². The molecule has 0 unspecified atom stereocenters. The Morgan fingerprint density at radius 3 is 2.33 bits per heavy atom. The number of carbonyl (C=O) groups excluding carboxylic acids is 1. The zero-order valence-electron chi connectivity index (χ0n) is 12.0. The lowest BCUT2D eigenvalue weighted by Crippen LogP contribution is -2.22. The normalized spacial score (nSPS) is 11.5. The topological polar surface area (TPSA) is 41.5 Å². The lowest BCUT2D eigenvalue weighted by atomic mass is 10.0. The third-order valence-electron chi connectivity index (χ3n) is 2.98. The van der Waals surface area contributed by atoms with Crippen molar-refractivity contribution in [1.82, 2.24) is 5.43 Å². The van der Waals surface area contributed by atoms with Gasteiger partial charge in [0.25, 0.3) is 5.91 Å². The highest BCUT2D eigenvalue weighted by molar-refractivity contribution is 6.03. The van der Waals surface area contributed by atoms with Gasteiger partial charge in [0.15, 0.2) is 0 Å². The SMILES string of the molecule is CC(C)/C(=N\NC(=O)c1cccc(F)c1)c1ccccc1. The van der Waals surface area contributed by atoms with Gasteiger partial charge in [0.05, 0.1) is 5.71 Å². The molecule has 2 aromatic rings. The van der Waals surface area contributed by atoms with E-state index < -0.39 is 11.7 Å². The second-order valence-electron chi connectivity index (χ2n) is 4.97. The summed E-state index contributed by atoms with van der Waals surface area (Å²) in [7, 11) is 0. The van der Waals surface area contributed by atoms with Crippen LogP contribution in [-0.2, 0) is 0 Å². The van der Waals surface area contributed by atoms with E-state index in [2.05, 4.69) is 10.5 Å². The molecule has 0 spiro atoms. The van der Waals surface area contributed by atoms with Crippen LogP contribution in [0.1, 0.15) is 29.8 Å². The summed E-state index contributed by atoms with van der Waals surface area (Å²) < 4.78 is 13.1. The second kappa shape index (κ2) is 6.79. The molecule has 0 aliphatic rings. The van der Waals surface area contributed by atoms with E-state index in [1.54, 1.807) is 6.07 Å². The minimum absolute atomic E-state index is 0.153. The Hall–Kier alpha value is -2.49. The number of hydrazone groups is 1. The highest BCUT2D eigenvalue weighted by Gasteiger charge is 2.10. The lowest BCUT2D eigenvalue weighted by molar-refractivity contribution is 0.0954. The minimum Gasteiger partial charge on any atom is -0.267 e. The maximum atomic E-state index is 13.1. The molecule has 2 aromatic carbocycles. The molecule has 21 heavy (non-hydrogen) atoms. The van der Waals surface area contributed by atoms with Gasteiger partial charge in [-0.1, -0.05) is 50.2 Å². The van der Waals surface area contributed by atoms with E-state index >= 15 is 0 Å². The van der Waals surface area contributed by atoms with Crippen molar-refractivity contribution >= 4 is 11.6 Å².